The maximum absolute atomic E-state index is 5.81. The molecule has 0 aliphatic rings. The zero-order valence-corrected chi connectivity index (χ0v) is 9.42. The lowest BCUT2D eigenvalue weighted by Gasteiger charge is -2.01. The van der Waals surface area contributed by atoms with Crippen molar-refractivity contribution < 1.29 is 4.74 Å². The number of imidazole rings is 1. The fraction of sp³-hybridized carbons (Fsp3) is 0.250. The predicted octanol–water partition coefficient (Wildman–Crippen LogP) is 2.41. The van der Waals surface area contributed by atoms with Gasteiger partial charge in [-0.3, -0.25) is 0 Å². The number of nitrogens with zero attached hydrogens (tertiary/aromatic N) is 1. The van der Waals surface area contributed by atoms with Gasteiger partial charge in [-0.2, -0.15) is 0 Å². The first kappa shape index (κ1) is 11.0. The third-order valence-corrected chi connectivity index (χ3v) is 2.45. The van der Waals surface area contributed by atoms with Crippen LogP contribution in [-0.2, 0) is 11.2 Å². The number of nitrogens with one attached hydrogen (secondary N) is 1. The maximum Gasteiger partial charge on any atom is 0.201 e. The minimum absolute atomic E-state index is 0.345. The van der Waals surface area contributed by atoms with Crippen molar-refractivity contribution >= 4 is 22.6 Å². The van der Waals surface area contributed by atoms with Gasteiger partial charge in [0, 0.05) is 0 Å². The maximum atomic E-state index is 5.81. The van der Waals surface area contributed by atoms with Gasteiger partial charge in [0.15, 0.2) is 0 Å². The molecule has 0 aliphatic heterocycles. The molecule has 82 valence electrons. The number of H-pyrrole nitrogens is 1. The predicted molar refractivity (Wildman–Crippen MR) is 64.5 cm³/mol. The van der Waals surface area contributed by atoms with Crippen LogP contribution in [0.2, 0.25) is 5.28 Å². The van der Waals surface area contributed by atoms with Gasteiger partial charge in [-0.05, 0) is 29.7 Å². The van der Waals surface area contributed by atoms with E-state index in [1.165, 1.54) is 0 Å². The number of terminal acetylenes is 1. The second kappa shape index (κ2) is 5.02. The topological polar surface area (TPSA) is 37.9 Å². The lowest BCUT2D eigenvalue weighted by molar-refractivity contribution is 0.171. The van der Waals surface area contributed by atoms with Gasteiger partial charge in [-0.1, -0.05) is 18.1 Å². The van der Waals surface area contributed by atoms with E-state index in [4.69, 9.17) is 22.8 Å². The van der Waals surface area contributed by atoms with Gasteiger partial charge in [-0.25, -0.2) is 4.98 Å². The quantitative estimate of drug-likeness (QED) is 0.652. The van der Waals surface area contributed by atoms with Gasteiger partial charge in [-0.15, -0.1) is 6.42 Å². The summed E-state index contributed by atoms with van der Waals surface area (Å²) in [5, 5.41) is 0.409. The number of halogens is 1. The summed E-state index contributed by atoms with van der Waals surface area (Å²) in [6.45, 7) is 0.936. The van der Waals surface area contributed by atoms with E-state index < -0.39 is 0 Å². The summed E-state index contributed by atoms with van der Waals surface area (Å²) in [5.74, 6) is 2.43. The van der Waals surface area contributed by atoms with Crippen molar-refractivity contribution in [3.8, 4) is 12.3 Å². The van der Waals surface area contributed by atoms with Gasteiger partial charge in [0.2, 0.25) is 5.28 Å². The average molecular weight is 235 g/mol. The molecule has 1 aromatic heterocycles. The number of hydrogen-bond acceptors (Lipinski definition) is 2. The van der Waals surface area contributed by atoms with Crippen LogP contribution < -0.4 is 0 Å². The van der Waals surface area contributed by atoms with Crippen molar-refractivity contribution in [1.29, 1.82) is 0 Å². The molecule has 0 saturated carbocycles. The molecule has 2 rings (SSSR count). The first-order valence-electron chi connectivity index (χ1n) is 4.95. The number of ether oxygens (including phenoxy) is 1. The standard InChI is InChI=1S/C12H11ClN2O/c1-2-7-16-8-6-9-4-3-5-10-11(9)15-12(13)14-10/h1,3-5H,6-8H2,(H,14,15). The van der Waals surface area contributed by atoms with Crippen LogP contribution in [0.25, 0.3) is 11.0 Å². The van der Waals surface area contributed by atoms with Crippen molar-refractivity contribution in [2.24, 2.45) is 0 Å². The molecular formula is C12H11ClN2O. The molecule has 3 nitrogen and oxygen atoms in total. The second-order valence-electron chi connectivity index (χ2n) is 3.35. The SMILES string of the molecule is C#CCOCCc1cccc2[nH]c(Cl)nc12. The molecule has 0 bridgehead atoms. The zero-order valence-electron chi connectivity index (χ0n) is 8.66. The van der Waals surface area contributed by atoms with Crippen molar-refractivity contribution in [2.45, 2.75) is 6.42 Å². The van der Waals surface area contributed by atoms with Gasteiger partial charge in [0.1, 0.15) is 6.61 Å². The highest BCUT2D eigenvalue weighted by molar-refractivity contribution is 6.29. The Labute approximate surface area is 98.8 Å². The fourth-order valence-corrected chi connectivity index (χ4v) is 1.76. The number of para-hydroxylation sites is 1. The highest BCUT2D eigenvalue weighted by atomic mass is 35.5. The highest BCUT2D eigenvalue weighted by Crippen LogP contribution is 2.18. The number of benzene rings is 1. The number of rotatable bonds is 4. The largest absolute Gasteiger partial charge is 0.368 e. The minimum Gasteiger partial charge on any atom is -0.368 e. The first-order chi connectivity index (χ1) is 7.81. The molecule has 0 radical (unpaired) electrons. The Morgan fingerprint density at radius 2 is 2.38 bits per heavy atom. The summed E-state index contributed by atoms with van der Waals surface area (Å²) in [5.41, 5.74) is 2.95. The molecule has 0 fully saturated rings. The fourth-order valence-electron chi connectivity index (χ4n) is 1.58. The molecule has 0 amide bonds. The third-order valence-electron chi connectivity index (χ3n) is 2.27. The van der Waals surface area contributed by atoms with Gasteiger partial charge in [0.05, 0.1) is 17.6 Å². The van der Waals surface area contributed by atoms with E-state index in [9.17, 15) is 0 Å². The van der Waals surface area contributed by atoms with Crippen LogP contribution in [0.3, 0.4) is 0 Å². The van der Waals surface area contributed by atoms with Crippen molar-refractivity contribution in [1.82, 2.24) is 9.97 Å². The molecule has 1 aromatic carbocycles. The van der Waals surface area contributed by atoms with E-state index in [-0.39, 0.29) is 0 Å². The lowest BCUT2D eigenvalue weighted by Crippen LogP contribution is -1.99. The summed E-state index contributed by atoms with van der Waals surface area (Å²) >= 11 is 5.81. The molecule has 1 heterocycles. The highest BCUT2D eigenvalue weighted by Gasteiger charge is 2.05. The van der Waals surface area contributed by atoms with E-state index in [0.29, 0.717) is 18.5 Å². The smallest absolute Gasteiger partial charge is 0.201 e. The first-order valence-corrected chi connectivity index (χ1v) is 5.33. The van der Waals surface area contributed by atoms with Crippen LogP contribution >= 0.6 is 11.6 Å². The molecule has 0 unspecified atom stereocenters. The molecule has 0 aliphatic carbocycles. The number of hydrogen-bond donors (Lipinski definition) is 1. The summed E-state index contributed by atoms with van der Waals surface area (Å²) in [6.07, 6.45) is 5.87. The van der Waals surface area contributed by atoms with Crippen molar-refractivity contribution in [3.05, 3.63) is 29.0 Å². The molecule has 1 N–H and O–H groups in total. The Morgan fingerprint density at radius 3 is 3.19 bits per heavy atom. The molecule has 2 aromatic rings. The van der Waals surface area contributed by atoms with Gasteiger partial charge in [0.25, 0.3) is 0 Å². The average Bonchev–Trinajstić information content (AvgIpc) is 2.65. The minimum atomic E-state index is 0.345. The Morgan fingerprint density at radius 1 is 1.50 bits per heavy atom. The molecule has 0 atom stereocenters. The monoisotopic (exact) mass is 234 g/mol. The summed E-state index contributed by atoms with van der Waals surface area (Å²) in [4.78, 5) is 7.21. The van der Waals surface area contributed by atoms with E-state index in [1.54, 1.807) is 0 Å². The normalized spacial score (nSPS) is 10.5. The van der Waals surface area contributed by atoms with Gasteiger partial charge < -0.3 is 9.72 Å². The summed E-state index contributed by atoms with van der Waals surface area (Å²) in [7, 11) is 0. The van der Waals surface area contributed by atoms with Crippen LogP contribution in [0.15, 0.2) is 18.2 Å². The van der Waals surface area contributed by atoms with Crippen molar-refractivity contribution in [3.63, 3.8) is 0 Å². The Bertz CT molecular complexity index is 527. The zero-order chi connectivity index (χ0) is 11.4. The van der Waals surface area contributed by atoms with E-state index >= 15 is 0 Å². The van der Waals surface area contributed by atoms with Crippen LogP contribution in [0.5, 0.6) is 0 Å². The van der Waals surface area contributed by atoms with E-state index in [2.05, 4.69) is 15.9 Å². The molecule has 0 spiro atoms. The Hall–Kier alpha value is -1.50. The second-order valence-corrected chi connectivity index (χ2v) is 3.71. The Kier molecular flexibility index (Phi) is 3.45. The van der Waals surface area contributed by atoms with Crippen LogP contribution in [0.1, 0.15) is 5.56 Å². The summed E-state index contributed by atoms with van der Waals surface area (Å²) in [6, 6.07) is 5.92. The molecular weight excluding hydrogens is 224 g/mol. The third kappa shape index (κ3) is 2.35. The molecule has 0 saturated heterocycles. The molecule has 4 heteroatoms. The van der Waals surface area contributed by atoms with Crippen LogP contribution in [0, 0.1) is 12.3 Å². The van der Waals surface area contributed by atoms with Crippen LogP contribution in [0.4, 0.5) is 0 Å². The number of aromatic nitrogens is 2. The molecule has 16 heavy (non-hydrogen) atoms. The van der Waals surface area contributed by atoms with Gasteiger partial charge >= 0.3 is 0 Å². The van der Waals surface area contributed by atoms with Crippen molar-refractivity contribution in [2.75, 3.05) is 13.2 Å². The van der Waals surface area contributed by atoms with E-state index in [0.717, 1.165) is 23.0 Å². The number of fused-ring (bicyclic) bond motifs is 1. The summed E-state index contributed by atoms with van der Waals surface area (Å²) < 4.78 is 5.24. The van der Waals surface area contributed by atoms with E-state index in [1.807, 2.05) is 18.2 Å². The van der Waals surface area contributed by atoms with Crippen LogP contribution in [-0.4, -0.2) is 23.2 Å². The lowest BCUT2D eigenvalue weighted by atomic mass is 10.1. The number of aromatic amines is 1. The Balaban J connectivity index is 2.14.